The number of amides is 1. The highest BCUT2D eigenvalue weighted by molar-refractivity contribution is 7.89. The molecular weight excluding hydrogens is 432 g/mol. The molecule has 0 spiro atoms. The lowest BCUT2D eigenvalue weighted by Crippen LogP contribution is -2.28. The zero-order chi connectivity index (χ0) is 21.7. The molecule has 0 bridgehead atoms. The Kier molecular flexibility index (Phi) is 6.96. The minimum absolute atomic E-state index is 0.0396. The van der Waals surface area contributed by atoms with E-state index in [0.29, 0.717) is 24.6 Å². The standard InChI is InChI=1S/C20H21ClN2O6S/c1-14-4-5-15(29-14)6-9-20(25)28-13-19(24)22-18-12-16(7-8-17(18)21)30(26,27)23-10-2-3-11-23/h4-9,12H,2-3,10-11,13H2,1H3,(H,22,24)/b9-6+. The maximum atomic E-state index is 12.7. The van der Waals surface area contributed by atoms with Gasteiger partial charge in [0, 0.05) is 19.2 Å². The summed E-state index contributed by atoms with van der Waals surface area (Å²) >= 11 is 6.08. The van der Waals surface area contributed by atoms with Gasteiger partial charge >= 0.3 is 5.97 Å². The number of esters is 1. The quantitative estimate of drug-likeness (QED) is 0.510. The largest absolute Gasteiger partial charge is 0.462 e. The van der Waals surface area contributed by atoms with Crippen LogP contribution in [0.3, 0.4) is 0 Å². The third kappa shape index (κ3) is 5.50. The highest BCUT2D eigenvalue weighted by Crippen LogP contribution is 2.28. The molecule has 1 aromatic heterocycles. The van der Waals surface area contributed by atoms with Gasteiger partial charge < -0.3 is 14.5 Å². The van der Waals surface area contributed by atoms with Crippen LogP contribution in [-0.2, 0) is 24.3 Å². The van der Waals surface area contributed by atoms with Gasteiger partial charge in [-0.3, -0.25) is 4.79 Å². The van der Waals surface area contributed by atoms with Crippen molar-refractivity contribution >= 4 is 45.3 Å². The summed E-state index contributed by atoms with van der Waals surface area (Å²) in [6.07, 6.45) is 4.20. The number of carbonyl (C=O) groups excluding carboxylic acids is 2. The van der Waals surface area contributed by atoms with E-state index in [1.54, 1.807) is 19.1 Å². The lowest BCUT2D eigenvalue weighted by molar-refractivity contribution is -0.142. The highest BCUT2D eigenvalue weighted by Gasteiger charge is 2.27. The van der Waals surface area contributed by atoms with Crippen LogP contribution in [0.15, 0.2) is 45.7 Å². The number of halogens is 1. The van der Waals surface area contributed by atoms with Gasteiger partial charge in [-0.1, -0.05) is 11.6 Å². The molecule has 1 aliphatic heterocycles. The Hall–Kier alpha value is -2.62. The normalized spacial score (nSPS) is 14.9. The van der Waals surface area contributed by atoms with Gasteiger partial charge in [-0.2, -0.15) is 4.31 Å². The molecule has 3 rings (SSSR count). The Labute approximate surface area is 179 Å². The van der Waals surface area contributed by atoms with Crippen LogP contribution in [0.4, 0.5) is 5.69 Å². The van der Waals surface area contributed by atoms with Crippen molar-refractivity contribution in [3.8, 4) is 0 Å². The highest BCUT2D eigenvalue weighted by atomic mass is 35.5. The van der Waals surface area contributed by atoms with Crippen LogP contribution >= 0.6 is 11.6 Å². The number of carbonyl (C=O) groups is 2. The molecule has 0 unspecified atom stereocenters. The van der Waals surface area contributed by atoms with Crippen LogP contribution in [0, 0.1) is 6.92 Å². The summed E-state index contributed by atoms with van der Waals surface area (Å²) in [6, 6.07) is 7.54. The lowest BCUT2D eigenvalue weighted by atomic mass is 10.3. The second-order valence-corrected chi connectivity index (χ2v) is 9.04. The fourth-order valence-electron chi connectivity index (χ4n) is 2.90. The van der Waals surface area contributed by atoms with E-state index in [1.807, 2.05) is 0 Å². The zero-order valence-corrected chi connectivity index (χ0v) is 17.8. The molecule has 30 heavy (non-hydrogen) atoms. The van der Waals surface area contributed by atoms with Gasteiger partial charge in [-0.05, 0) is 56.2 Å². The van der Waals surface area contributed by atoms with E-state index in [9.17, 15) is 18.0 Å². The third-order valence-corrected chi connectivity index (χ3v) is 6.63. The Morgan fingerprint density at radius 3 is 2.63 bits per heavy atom. The summed E-state index contributed by atoms with van der Waals surface area (Å²) in [6.45, 7) is 2.15. The number of hydrogen-bond acceptors (Lipinski definition) is 6. The van der Waals surface area contributed by atoms with E-state index in [0.717, 1.165) is 18.9 Å². The van der Waals surface area contributed by atoms with Crippen LogP contribution in [-0.4, -0.2) is 44.3 Å². The number of nitrogens with one attached hydrogen (secondary N) is 1. The van der Waals surface area contributed by atoms with Crippen molar-refractivity contribution in [3.05, 3.63) is 53.0 Å². The summed E-state index contributed by atoms with van der Waals surface area (Å²) < 4.78 is 36.9. The number of aryl methyl sites for hydroxylation is 1. The smallest absolute Gasteiger partial charge is 0.331 e. The summed E-state index contributed by atoms with van der Waals surface area (Å²) in [5.74, 6) is -0.191. The molecule has 1 aliphatic rings. The molecule has 1 N–H and O–H groups in total. The summed E-state index contributed by atoms with van der Waals surface area (Å²) in [5.41, 5.74) is 0.125. The Morgan fingerprint density at radius 2 is 1.97 bits per heavy atom. The monoisotopic (exact) mass is 452 g/mol. The van der Waals surface area contributed by atoms with Gasteiger partial charge in [0.2, 0.25) is 10.0 Å². The molecule has 0 saturated carbocycles. The van der Waals surface area contributed by atoms with Crippen LogP contribution in [0.1, 0.15) is 24.4 Å². The van der Waals surface area contributed by atoms with Gasteiger partial charge in [0.05, 0.1) is 15.6 Å². The first kappa shape index (κ1) is 22.1. The molecule has 0 atom stereocenters. The fourth-order valence-corrected chi connectivity index (χ4v) is 4.61. The Bertz CT molecular complexity index is 1070. The van der Waals surface area contributed by atoms with Crippen molar-refractivity contribution in [2.75, 3.05) is 25.0 Å². The first-order valence-electron chi connectivity index (χ1n) is 9.26. The van der Waals surface area contributed by atoms with E-state index in [2.05, 4.69) is 5.32 Å². The van der Waals surface area contributed by atoms with E-state index in [-0.39, 0.29) is 15.6 Å². The maximum Gasteiger partial charge on any atom is 0.331 e. The number of ether oxygens (including phenoxy) is 1. The molecule has 2 aromatic rings. The van der Waals surface area contributed by atoms with Gasteiger partial charge in [-0.15, -0.1) is 0 Å². The molecule has 160 valence electrons. The van der Waals surface area contributed by atoms with E-state index < -0.39 is 28.5 Å². The van der Waals surface area contributed by atoms with Crippen molar-refractivity contribution in [1.29, 1.82) is 0 Å². The predicted octanol–water partition coefficient (Wildman–Crippen LogP) is 3.22. The van der Waals surface area contributed by atoms with Crippen molar-refractivity contribution in [2.45, 2.75) is 24.7 Å². The summed E-state index contributed by atoms with van der Waals surface area (Å²) in [7, 11) is -3.65. The number of nitrogens with zero attached hydrogens (tertiary/aromatic N) is 1. The number of sulfonamides is 1. The van der Waals surface area contributed by atoms with Gasteiger partial charge in [0.15, 0.2) is 6.61 Å². The zero-order valence-electron chi connectivity index (χ0n) is 16.3. The van der Waals surface area contributed by atoms with Gasteiger partial charge in [-0.25, -0.2) is 13.2 Å². The second-order valence-electron chi connectivity index (χ2n) is 6.69. The molecule has 0 radical (unpaired) electrons. The van der Waals surface area contributed by atoms with Crippen LogP contribution < -0.4 is 5.32 Å². The second kappa shape index (κ2) is 9.46. The van der Waals surface area contributed by atoms with Crippen molar-refractivity contribution in [3.63, 3.8) is 0 Å². The average Bonchev–Trinajstić information content (AvgIpc) is 3.38. The van der Waals surface area contributed by atoms with E-state index in [1.165, 1.54) is 28.6 Å². The van der Waals surface area contributed by atoms with E-state index in [4.69, 9.17) is 20.8 Å². The molecule has 1 fully saturated rings. The maximum absolute atomic E-state index is 12.7. The number of rotatable bonds is 7. The van der Waals surface area contributed by atoms with Crippen molar-refractivity contribution < 1.29 is 27.2 Å². The molecule has 8 nitrogen and oxygen atoms in total. The number of anilines is 1. The minimum Gasteiger partial charge on any atom is -0.462 e. The van der Waals surface area contributed by atoms with E-state index >= 15 is 0 Å². The lowest BCUT2D eigenvalue weighted by Gasteiger charge is -2.16. The number of benzene rings is 1. The van der Waals surface area contributed by atoms with Gasteiger partial charge in [0.1, 0.15) is 11.5 Å². The molecule has 1 aromatic carbocycles. The Balaban J connectivity index is 1.59. The summed E-state index contributed by atoms with van der Waals surface area (Å²) in [4.78, 5) is 23.9. The first-order chi connectivity index (χ1) is 14.3. The fraction of sp³-hybridized carbons (Fsp3) is 0.300. The molecule has 10 heteroatoms. The minimum atomic E-state index is -3.65. The van der Waals surface area contributed by atoms with Crippen LogP contribution in [0.5, 0.6) is 0 Å². The Morgan fingerprint density at radius 1 is 1.23 bits per heavy atom. The topological polar surface area (TPSA) is 106 Å². The SMILES string of the molecule is Cc1ccc(/C=C/C(=O)OCC(=O)Nc2cc(S(=O)(=O)N3CCCC3)ccc2Cl)o1. The van der Waals surface area contributed by atoms with Crippen LogP contribution in [0.25, 0.3) is 6.08 Å². The molecule has 0 aliphatic carbocycles. The van der Waals surface area contributed by atoms with Crippen molar-refractivity contribution in [2.24, 2.45) is 0 Å². The predicted molar refractivity (Wildman–Crippen MR) is 112 cm³/mol. The number of hydrogen-bond donors (Lipinski definition) is 1. The first-order valence-corrected chi connectivity index (χ1v) is 11.1. The van der Waals surface area contributed by atoms with Crippen molar-refractivity contribution in [1.82, 2.24) is 4.31 Å². The summed E-state index contributed by atoms with van der Waals surface area (Å²) in [5, 5.41) is 2.64. The van der Waals surface area contributed by atoms with Crippen LogP contribution in [0.2, 0.25) is 5.02 Å². The molecule has 1 amide bonds. The number of furan rings is 1. The molecular formula is C20H21ClN2O6S. The van der Waals surface area contributed by atoms with Gasteiger partial charge in [0.25, 0.3) is 5.91 Å². The average molecular weight is 453 g/mol. The molecule has 2 heterocycles. The molecule has 1 saturated heterocycles. The third-order valence-electron chi connectivity index (χ3n) is 4.41.